The highest BCUT2D eigenvalue weighted by atomic mass is 16.5. The van der Waals surface area contributed by atoms with Crippen molar-refractivity contribution in [1.82, 2.24) is 0 Å². The predicted octanol–water partition coefficient (Wildman–Crippen LogP) is -2.05. The highest BCUT2D eigenvalue weighted by Crippen LogP contribution is 1.81. The minimum Gasteiger partial charge on any atom is -0.613 e. The van der Waals surface area contributed by atoms with Crippen molar-refractivity contribution in [3.8, 4) is 0 Å². The summed E-state index contributed by atoms with van der Waals surface area (Å²) in [6.07, 6.45) is 0.365. The van der Waals surface area contributed by atoms with Gasteiger partial charge in [0.15, 0.2) is 6.23 Å². The number of quaternary nitrogens is 1. The van der Waals surface area contributed by atoms with Crippen molar-refractivity contribution in [2.24, 2.45) is 11.6 Å². The third kappa shape index (κ3) is 5.93. The van der Waals surface area contributed by atoms with Gasteiger partial charge in [0.05, 0.1) is 0 Å². The van der Waals surface area contributed by atoms with Gasteiger partial charge in [-0.1, -0.05) is 6.92 Å². The van der Waals surface area contributed by atoms with E-state index in [0.717, 1.165) is 6.42 Å². The van der Waals surface area contributed by atoms with Crippen LogP contribution in [-0.2, 0) is 4.74 Å². The highest BCUT2D eigenvalue weighted by Gasteiger charge is 2.03. The van der Waals surface area contributed by atoms with E-state index in [2.05, 4.69) is 0 Å². The third-order valence-corrected chi connectivity index (χ3v) is 0.938. The van der Waals surface area contributed by atoms with Crippen LogP contribution in [0.15, 0.2) is 0 Å². The first-order chi connectivity index (χ1) is 4.66. The van der Waals surface area contributed by atoms with Crippen LogP contribution in [0.25, 0.3) is 0 Å². The first kappa shape index (κ1) is 9.80. The van der Waals surface area contributed by atoms with Crippen LogP contribution in [0, 0.1) is 5.21 Å². The lowest BCUT2D eigenvalue weighted by atomic mass is 10.5. The molecule has 0 aromatic heterocycles. The fourth-order valence-corrected chi connectivity index (χ4v) is 0.526. The van der Waals surface area contributed by atoms with E-state index >= 15 is 0 Å². The number of hydroxylamine groups is 1. The average molecular weight is 149 g/mol. The summed E-state index contributed by atoms with van der Waals surface area (Å²) in [5.41, 5.74) is 5.34. The molecule has 0 aliphatic rings. The normalized spacial score (nSPS) is 16.8. The SMILES string of the molecule is CCCOC(N)C[NH+](N)[O-]. The maximum absolute atomic E-state index is 10.2. The second-order valence-corrected chi connectivity index (χ2v) is 2.08. The molecule has 0 spiro atoms. The fraction of sp³-hybridized carbons (Fsp3) is 1.00. The highest BCUT2D eigenvalue weighted by molar-refractivity contribution is 4.41. The topological polar surface area (TPSA) is 88.8 Å². The van der Waals surface area contributed by atoms with Gasteiger partial charge in [0.25, 0.3) is 0 Å². The zero-order valence-corrected chi connectivity index (χ0v) is 6.17. The van der Waals surface area contributed by atoms with E-state index in [1.807, 2.05) is 6.92 Å². The standard InChI is InChI=1S/C5H15N3O2/c1-2-3-10-5(6)4-8(7)9/h5,8H,2-4,6-7H2,1H3. The Morgan fingerprint density at radius 3 is 2.70 bits per heavy atom. The van der Waals surface area contributed by atoms with Gasteiger partial charge in [0.1, 0.15) is 6.54 Å². The zero-order valence-electron chi connectivity index (χ0n) is 6.17. The van der Waals surface area contributed by atoms with E-state index in [4.69, 9.17) is 16.3 Å². The van der Waals surface area contributed by atoms with E-state index in [1.165, 1.54) is 0 Å². The van der Waals surface area contributed by atoms with Crippen molar-refractivity contribution in [3.63, 3.8) is 0 Å². The van der Waals surface area contributed by atoms with Crippen molar-refractivity contribution in [1.29, 1.82) is 0 Å². The number of nitrogens with two attached hydrogens (primary N) is 2. The number of ether oxygens (including phenoxy) is 1. The molecule has 2 atom stereocenters. The Morgan fingerprint density at radius 2 is 2.30 bits per heavy atom. The molecule has 0 saturated heterocycles. The van der Waals surface area contributed by atoms with Gasteiger partial charge in [-0.2, -0.15) is 5.84 Å². The Hall–Kier alpha value is -0.200. The van der Waals surface area contributed by atoms with Crippen LogP contribution >= 0.6 is 0 Å². The minimum absolute atomic E-state index is 0.0972. The molecule has 5 nitrogen and oxygen atoms in total. The zero-order chi connectivity index (χ0) is 7.98. The molecule has 0 aromatic rings. The molecule has 0 aliphatic heterocycles. The summed E-state index contributed by atoms with van der Waals surface area (Å²) in [5, 5.41) is 9.81. The van der Waals surface area contributed by atoms with Gasteiger partial charge in [-0.25, -0.2) is 0 Å². The molecule has 0 rings (SSSR count). The molecule has 10 heavy (non-hydrogen) atoms. The molecule has 5 heteroatoms. The molecule has 0 saturated carbocycles. The smallest absolute Gasteiger partial charge is 0.157 e. The molecule has 0 bridgehead atoms. The van der Waals surface area contributed by atoms with Gasteiger partial charge in [-0.05, 0) is 6.42 Å². The number of hydrogen-bond donors (Lipinski definition) is 3. The van der Waals surface area contributed by atoms with Gasteiger partial charge in [-0.15, -0.1) is 0 Å². The molecule has 0 aromatic carbocycles. The molecule has 5 N–H and O–H groups in total. The van der Waals surface area contributed by atoms with E-state index in [-0.39, 0.29) is 6.54 Å². The summed E-state index contributed by atoms with van der Waals surface area (Å²) in [5.74, 6) is 4.87. The molecule has 0 fully saturated rings. The first-order valence-electron chi connectivity index (χ1n) is 3.32. The molecular formula is C5H15N3O2. The van der Waals surface area contributed by atoms with Gasteiger partial charge in [0, 0.05) is 6.61 Å². The van der Waals surface area contributed by atoms with Crippen molar-refractivity contribution in [3.05, 3.63) is 5.21 Å². The molecule has 0 amide bonds. The Balaban J connectivity index is 3.16. The lowest BCUT2D eigenvalue weighted by molar-refractivity contribution is -0.864. The summed E-state index contributed by atoms with van der Waals surface area (Å²) in [6.45, 7) is 2.64. The summed E-state index contributed by atoms with van der Waals surface area (Å²) in [7, 11) is 0. The Kier molecular flexibility index (Phi) is 5.46. The van der Waals surface area contributed by atoms with Crippen LogP contribution in [0.1, 0.15) is 13.3 Å². The first-order valence-corrected chi connectivity index (χ1v) is 3.32. The molecule has 62 valence electrons. The number of rotatable bonds is 5. The number of nitrogens with one attached hydrogen (secondary N) is 1. The fourth-order valence-electron chi connectivity index (χ4n) is 0.526. The van der Waals surface area contributed by atoms with Crippen LogP contribution in [0.5, 0.6) is 0 Å². The van der Waals surface area contributed by atoms with Gasteiger partial charge in [0.2, 0.25) is 0 Å². The summed E-state index contributed by atoms with van der Waals surface area (Å²) in [6, 6.07) is 0. The van der Waals surface area contributed by atoms with Crippen LogP contribution in [-0.4, -0.2) is 19.4 Å². The minimum atomic E-state index is -0.530. The lowest BCUT2D eigenvalue weighted by Gasteiger charge is -2.19. The van der Waals surface area contributed by atoms with E-state index in [9.17, 15) is 5.21 Å². The summed E-state index contributed by atoms with van der Waals surface area (Å²) >= 11 is 0. The second kappa shape index (κ2) is 5.57. The van der Waals surface area contributed by atoms with Crippen LogP contribution in [0.4, 0.5) is 0 Å². The second-order valence-electron chi connectivity index (χ2n) is 2.08. The largest absolute Gasteiger partial charge is 0.613 e. The average Bonchev–Trinajstić information content (AvgIpc) is 1.82. The Labute approximate surface area is 60.5 Å². The molecule has 0 aliphatic carbocycles. The Morgan fingerprint density at radius 1 is 1.70 bits per heavy atom. The van der Waals surface area contributed by atoms with Crippen molar-refractivity contribution in [2.45, 2.75) is 19.6 Å². The number of hydrogen-bond acceptors (Lipinski definition) is 4. The van der Waals surface area contributed by atoms with Gasteiger partial charge >= 0.3 is 0 Å². The van der Waals surface area contributed by atoms with Crippen LogP contribution < -0.4 is 16.7 Å². The van der Waals surface area contributed by atoms with Crippen molar-refractivity contribution in [2.75, 3.05) is 13.2 Å². The van der Waals surface area contributed by atoms with E-state index < -0.39 is 11.4 Å². The predicted molar refractivity (Wildman–Crippen MR) is 37.6 cm³/mol. The van der Waals surface area contributed by atoms with Crippen LogP contribution in [0.2, 0.25) is 0 Å². The summed E-state index contributed by atoms with van der Waals surface area (Å²) < 4.78 is 4.98. The molecule has 0 radical (unpaired) electrons. The lowest BCUT2D eigenvalue weighted by Crippen LogP contribution is -3.14. The van der Waals surface area contributed by atoms with Crippen molar-refractivity contribution < 1.29 is 9.91 Å². The monoisotopic (exact) mass is 149 g/mol. The van der Waals surface area contributed by atoms with Gasteiger partial charge in [-0.3, -0.25) is 5.17 Å². The molecular weight excluding hydrogens is 134 g/mol. The maximum atomic E-state index is 10.2. The van der Waals surface area contributed by atoms with E-state index in [0.29, 0.717) is 6.61 Å². The van der Waals surface area contributed by atoms with Gasteiger partial charge < -0.3 is 15.7 Å². The Bertz CT molecular complexity index is 79.3. The van der Waals surface area contributed by atoms with Crippen molar-refractivity contribution >= 4 is 0 Å². The third-order valence-electron chi connectivity index (χ3n) is 0.938. The van der Waals surface area contributed by atoms with Crippen LogP contribution in [0.3, 0.4) is 0 Å². The quantitative estimate of drug-likeness (QED) is 0.238. The summed E-state index contributed by atoms with van der Waals surface area (Å²) in [4.78, 5) is 0. The van der Waals surface area contributed by atoms with E-state index in [1.54, 1.807) is 0 Å². The maximum Gasteiger partial charge on any atom is 0.157 e. The molecule has 0 heterocycles. The molecule has 2 unspecified atom stereocenters.